The van der Waals surface area contributed by atoms with Gasteiger partial charge in [-0.15, -0.1) is 0 Å². The molecule has 0 bridgehead atoms. The Morgan fingerprint density at radius 2 is 1.92 bits per heavy atom. The second-order valence-corrected chi connectivity index (χ2v) is 10.7. The Bertz CT molecular complexity index is 959. The van der Waals surface area contributed by atoms with Crippen LogP contribution >= 0.6 is 0 Å². The van der Waals surface area contributed by atoms with Crippen LogP contribution in [-0.4, -0.2) is 77.7 Å². The lowest BCUT2D eigenvalue weighted by Gasteiger charge is -2.38. The van der Waals surface area contributed by atoms with Crippen LogP contribution in [0.2, 0.25) is 0 Å². The Labute approximate surface area is 213 Å². The van der Waals surface area contributed by atoms with Crippen molar-refractivity contribution in [3.05, 3.63) is 23.8 Å². The zero-order valence-electron chi connectivity index (χ0n) is 21.7. The summed E-state index contributed by atoms with van der Waals surface area (Å²) in [4.78, 5) is 42.4. The van der Waals surface area contributed by atoms with E-state index in [2.05, 4.69) is 10.6 Å². The van der Waals surface area contributed by atoms with E-state index in [4.69, 9.17) is 4.74 Å². The number of fused-ring (bicyclic) bond motifs is 1. The molecule has 3 atom stereocenters. The predicted molar refractivity (Wildman–Crippen MR) is 137 cm³/mol. The van der Waals surface area contributed by atoms with E-state index >= 15 is 0 Å². The van der Waals surface area contributed by atoms with Crippen molar-refractivity contribution in [1.82, 2.24) is 15.1 Å². The van der Waals surface area contributed by atoms with Crippen molar-refractivity contribution in [3.8, 4) is 5.75 Å². The van der Waals surface area contributed by atoms with Crippen molar-refractivity contribution in [2.45, 2.75) is 77.0 Å². The fourth-order valence-corrected chi connectivity index (χ4v) is 5.02. The Morgan fingerprint density at radius 3 is 2.58 bits per heavy atom. The summed E-state index contributed by atoms with van der Waals surface area (Å²) < 4.78 is 6.48. The van der Waals surface area contributed by atoms with Crippen LogP contribution in [0.15, 0.2) is 18.2 Å². The minimum Gasteiger partial charge on any atom is -0.485 e. The first-order valence-corrected chi connectivity index (χ1v) is 13.3. The molecule has 1 heterocycles. The number of aliphatic hydroxyl groups is 1. The summed E-state index contributed by atoms with van der Waals surface area (Å²) in [6.07, 6.45) is 6.80. The quantitative estimate of drug-likeness (QED) is 0.532. The molecule has 9 nitrogen and oxygen atoms in total. The van der Waals surface area contributed by atoms with Gasteiger partial charge in [0.1, 0.15) is 6.10 Å². The fourth-order valence-electron chi connectivity index (χ4n) is 5.02. The molecule has 4 rings (SSSR count). The van der Waals surface area contributed by atoms with Gasteiger partial charge in [-0.1, -0.05) is 32.3 Å². The Kier molecular flexibility index (Phi) is 8.39. The van der Waals surface area contributed by atoms with Gasteiger partial charge in [0.25, 0.3) is 5.91 Å². The summed E-state index contributed by atoms with van der Waals surface area (Å²) in [5.74, 6) is -0.128. The average Bonchev–Trinajstić information content (AvgIpc) is 3.72. The number of anilines is 1. The molecule has 198 valence electrons. The zero-order valence-corrected chi connectivity index (χ0v) is 21.7. The number of nitrogens with one attached hydrogen (secondary N) is 2. The molecule has 0 radical (unpaired) electrons. The summed E-state index contributed by atoms with van der Waals surface area (Å²) in [7, 11) is 1.76. The van der Waals surface area contributed by atoms with Crippen LogP contribution in [0.5, 0.6) is 5.75 Å². The van der Waals surface area contributed by atoms with Crippen molar-refractivity contribution in [2.24, 2.45) is 11.8 Å². The fraction of sp³-hybridized carbons (Fsp3) is 0.667. The van der Waals surface area contributed by atoms with Crippen LogP contribution in [0, 0.1) is 11.8 Å². The van der Waals surface area contributed by atoms with Crippen LogP contribution in [0.1, 0.15) is 69.2 Å². The largest absolute Gasteiger partial charge is 0.485 e. The molecular formula is C27H40N4O5. The summed E-state index contributed by atoms with van der Waals surface area (Å²) in [6.45, 7) is 4.32. The number of hydrogen-bond donors (Lipinski definition) is 3. The third-order valence-corrected chi connectivity index (χ3v) is 7.63. The number of carbonyl (C=O) groups excluding carboxylic acids is 3. The number of ether oxygens (including phenoxy) is 1. The second-order valence-electron chi connectivity index (χ2n) is 10.7. The molecule has 1 aliphatic heterocycles. The molecule has 0 saturated heterocycles. The number of benzene rings is 1. The number of rotatable bonds is 7. The van der Waals surface area contributed by atoms with Crippen molar-refractivity contribution in [3.63, 3.8) is 0 Å². The number of hydrogen-bond acceptors (Lipinski definition) is 5. The summed E-state index contributed by atoms with van der Waals surface area (Å²) in [5.41, 5.74) is 0.804. The minimum atomic E-state index is -0.425. The van der Waals surface area contributed by atoms with Gasteiger partial charge in [-0.05, 0) is 44.7 Å². The Balaban J connectivity index is 1.59. The number of urea groups is 1. The normalized spacial score (nSPS) is 23.6. The van der Waals surface area contributed by atoms with E-state index in [1.165, 1.54) is 6.42 Å². The van der Waals surface area contributed by atoms with E-state index in [-0.39, 0.29) is 48.4 Å². The molecule has 9 heteroatoms. The molecule has 2 saturated carbocycles. The van der Waals surface area contributed by atoms with Gasteiger partial charge in [0.05, 0.1) is 30.4 Å². The molecule has 2 fully saturated rings. The molecule has 0 aromatic heterocycles. The summed E-state index contributed by atoms with van der Waals surface area (Å²) in [6, 6.07) is 4.85. The monoisotopic (exact) mass is 500 g/mol. The Hall–Kier alpha value is -2.81. The molecule has 4 amide bonds. The van der Waals surface area contributed by atoms with Crippen molar-refractivity contribution < 1.29 is 24.2 Å². The summed E-state index contributed by atoms with van der Waals surface area (Å²) >= 11 is 0. The number of para-hydroxylation sites is 1. The molecule has 1 aromatic carbocycles. The SMILES string of the molecule is C[C@H]1CN([C@@H](C)CO)C(=O)c2cccc(NC(=O)C3CC3)c2O[C@@H]1CN(C)C(=O)NC1CCCCC1. The van der Waals surface area contributed by atoms with Crippen molar-refractivity contribution in [1.29, 1.82) is 0 Å². The second kappa shape index (κ2) is 11.5. The van der Waals surface area contributed by atoms with Gasteiger partial charge in [-0.2, -0.15) is 0 Å². The first-order valence-electron chi connectivity index (χ1n) is 13.3. The number of carbonyl (C=O) groups is 3. The van der Waals surface area contributed by atoms with Gasteiger partial charge in [0, 0.05) is 31.5 Å². The molecule has 3 aliphatic rings. The van der Waals surface area contributed by atoms with Gasteiger partial charge in [-0.25, -0.2) is 4.79 Å². The van der Waals surface area contributed by atoms with E-state index in [0.29, 0.717) is 30.1 Å². The number of nitrogens with zero attached hydrogens (tertiary/aromatic N) is 2. The molecule has 2 aliphatic carbocycles. The van der Waals surface area contributed by atoms with E-state index in [1.54, 1.807) is 35.0 Å². The third kappa shape index (κ3) is 6.11. The highest BCUT2D eigenvalue weighted by Crippen LogP contribution is 2.37. The van der Waals surface area contributed by atoms with Crippen molar-refractivity contribution in [2.75, 3.05) is 32.1 Å². The first kappa shape index (κ1) is 26.3. The lowest BCUT2D eigenvalue weighted by Crippen LogP contribution is -2.52. The lowest BCUT2D eigenvalue weighted by atomic mass is 9.96. The first-order chi connectivity index (χ1) is 17.3. The highest BCUT2D eigenvalue weighted by atomic mass is 16.5. The highest BCUT2D eigenvalue weighted by Gasteiger charge is 2.36. The van der Waals surface area contributed by atoms with Gasteiger partial charge in [-0.3, -0.25) is 9.59 Å². The smallest absolute Gasteiger partial charge is 0.317 e. The van der Waals surface area contributed by atoms with E-state index in [0.717, 1.165) is 38.5 Å². The molecule has 36 heavy (non-hydrogen) atoms. The zero-order chi connectivity index (χ0) is 25.8. The highest BCUT2D eigenvalue weighted by molar-refractivity contribution is 6.02. The Morgan fingerprint density at radius 1 is 1.19 bits per heavy atom. The minimum absolute atomic E-state index is 0.000333. The average molecular weight is 501 g/mol. The van der Waals surface area contributed by atoms with Crippen LogP contribution in [0.3, 0.4) is 0 Å². The maximum atomic E-state index is 13.5. The molecule has 3 N–H and O–H groups in total. The van der Waals surface area contributed by atoms with Crippen LogP contribution in [-0.2, 0) is 4.79 Å². The van der Waals surface area contributed by atoms with E-state index in [1.807, 2.05) is 13.8 Å². The molecule has 0 unspecified atom stereocenters. The number of aliphatic hydroxyl groups excluding tert-OH is 1. The van der Waals surface area contributed by atoms with E-state index in [9.17, 15) is 19.5 Å². The maximum Gasteiger partial charge on any atom is 0.317 e. The number of amides is 4. The molecule has 1 aromatic rings. The maximum absolute atomic E-state index is 13.5. The van der Waals surface area contributed by atoms with Gasteiger partial charge in [0.15, 0.2) is 5.75 Å². The van der Waals surface area contributed by atoms with Crippen LogP contribution < -0.4 is 15.4 Å². The van der Waals surface area contributed by atoms with E-state index < -0.39 is 6.10 Å². The third-order valence-electron chi connectivity index (χ3n) is 7.63. The van der Waals surface area contributed by atoms with Gasteiger partial charge < -0.3 is 30.3 Å². The topological polar surface area (TPSA) is 111 Å². The molecule has 0 spiro atoms. The molecular weight excluding hydrogens is 460 g/mol. The predicted octanol–water partition coefficient (Wildman–Crippen LogP) is 3.23. The van der Waals surface area contributed by atoms with Gasteiger partial charge in [0.2, 0.25) is 5.91 Å². The van der Waals surface area contributed by atoms with Crippen LogP contribution in [0.4, 0.5) is 10.5 Å². The number of likely N-dealkylation sites (N-methyl/N-ethyl adjacent to an activating group) is 1. The van der Waals surface area contributed by atoms with Crippen LogP contribution in [0.25, 0.3) is 0 Å². The lowest BCUT2D eigenvalue weighted by molar-refractivity contribution is -0.117. The van der Waals surface area contributed by atoms with Gasteiger partial charge >= 0.3 is 6.03 Å². The van der Waals surface area contributed by atoms with Crippen molar-refractivity contribution >= 4 is 23.5 Å². The standard InChI is InChI=1S/C27H40N4O5/c1-17-14-31(18(2)16-32)26(34)21-10-7-11-22(29-25(33)19-12-13-19)24(21)36-23(17)15-30(3)27(35)28-20-8-5-4-6-9-20/h7,10-11,17-20,23,32H,4-6,8-9,12-16H2,1-3H3,(H,28,35)(H,29,33)/t17-,18-,23+/m0/s1. The summed E-state index contributed by atoms with van der Waals surface area (Å²) in [5, 5.41) is 15.9.